The van der Waals surface area contributed by atoms with Crippen LogP contribution in [-0.2, 0) is 6.61 Å². The minimum absolute atomic E-state index is 0.0249. The Hall–Kier alpha value is -3.46. The van der Waals surface area contributed by atoms with E-state index >= 15 is 0 Å². The van der Waals surface area contributed by atoms with Crippen molar-refractivity contribution in [2.75, 3.05) is 0 Å². The van der Waals surface area contributed by atoms with Crippen molar-refractivity contribution in [3.05, 3.63) is 97.9 Å². The van der Waals surface area contributed by atoms with Crippen molar-refractivity contribution in [2.45, 2.75) is 40.2 Å². The predicted molar refractivity (Wildman–Crippen MR) is 133 cm³/mol. The Bertz CT molecular complexity index is 1470. The molecular formula is C26H23BrF2N4O2. The van der Waals surface area contributed by atoms with Gasteiger partial charge in [0.1, 0.15) is 34.4 Å². The van der Waals surface area contributed by atoms with Crippen LogP contribution in [0.3, 0.4) is 0 Å². The van der Waals surface area contributed by atoms with Crippen LogP contribution in [0.2, 0.25) is 0 Å². The maximum atomic E-state index is 13.9. The van der Waals surface area contributed by atoms with Gasteiger partial charge in [0.15, 0.2) is 0 Å². The number of benzene rings is 2. The highest BCUT2D eigenvalue weighted by atomic mass is 79.9. The lowest BCUT2D eigenvalue weighted by atomic mass is 10.1. The van der Waals surface area contributed by atoms with Gasteiger partial charge < -0.3 is 4.74 Å². The molecule has 9 heteroatoms. The second-order valence-electron chi connectivity index (χ2n) is 8.41. The minimum Gasteiger partial charge on any atom is -0.472 e. The highest BCUT2D eigenvalue weighted by Gasteiger charge is 2.17. The van der Waals surface area contributed by atoms with Gasteiger partial charge in [0.05, 0.1) is 11.4 Å². The number of aryl methyl sites for hydroxylation is 2. The third-order valence-electron chi connectivity index (χ3n) is 5.43. The van der Waals surface area contributed by atoms with E-state index in [1.54, 1.807) is 19.2 Å². The summed E-state index contributed by atoms with van der Waals surface area (Å²) in [7, 11) is 0. The van der Waals surface area contributed by atoms with E-state index in [1.807, 2.05) is 39.0 Å². The molecule has 2 aromatic heterocycles. The molecular weight excluding hydrogens is 518 g/mol. The van der Waals surface area contributed by atoms with Crippen LogP contribution in [0.5, 0.6) is 5.88 Å². The summed E-state index contributed by atoms with van der Waals surface area (Å²) in [4.78, 5) is 26.8. The van der Waals surface area contributed by atoms with Crippen LogP contribution in [0.1, 0.15) is 42.5 Å². The van der Waals surface area contributed by atoms with Crippen LogP contribution in [0.15, 0.2) is 57.9 Å². The predicted octanol–water partition coefficient (Wildman–Crippen LogP) is 6.05. The summed E-state index contributed by atoms with van der Waals surface area (Å²) < 4.78 is 34.2. The van der Waals surface area contributed by atoms with Gasteiger partial charge in [-0.1, -0.05) is 26.0 Å². The molecule has 0 aliphatic rings. The van der Waals surface area contributed by atoms with Gasteiger partial charge in [0, 0.05) is 29.3 Å². The number of ether oxygens (including phenoxy) is 1. The topological polar surface area (TPSA) is 69.9 Å². The van der Waals surface area contributed by atoms with E-state index < -0.39 is 11.6 Å². The summed E-state index contributed by atoms with van der Waals surface area (Å²) in [5, 5.41) is 0. The van der Waals surface area contributed by atoms with Crippen molar-refractivity contribution < 1.29 is 13.5 Å². The Kier molecular flexibility index (Phi) is 7.07. The van der Waals surface area contributed by atoms with Crippen LogP contribution >= 0.6 is 15.9 Å². The van der Waals surface area contributed by atoms with Crippen molar-refractivity contribution in [1.29, 1.82) is 0 Å². The van der Waals surface area contributed by atoms with Gasteiger partial charge in [-0.25, -0.2) is 18.7 Å². The second kappa shape index (κ2) is 10.0. The molecule has 0 aliphatic carbocycles. The lowest BCUT2D eigenvalue weighted by molar-refractivity contribution is 0.283. The number of aromatic nitrogens is 4. The Morgan fingerprint density at radius 2 is 1.86 bits per heavy atom. The number of halogens is 3. The lowest BCUT2D eigenvalue weighted by Crippen LogP contribution is -2.24. The highest BCUT2D eigenvalue weighted by Crippen LogP contribution is 2.26. The van der Waals surface area contributed by atoms with Gasteiger partial charge in [-0.3, -0.25) is 9.36 Å². The SMILES string of the molecule is Cc1cnc(C(C)C)nc1-c1cccc(-n2c(C)nc(OCc3ccc(F)cc3F)c(Br)c2=O)c1. The summed E-state index contributed by atoms with van der Waals surface area (Å²) in [5.41, 5.74) is 2.94. The normalized spacial score (nSPS) is 11.2. The molecule has 6 nitrogen and oxygen atoms in total. The first kappa shape index (κ1) is 24.7. The van der Waals surface area contributed by atoms with Crippen LogP contribution in [-0.4, -0.2) is 19.5 Å². The van der Waals surface area contributed by atoms with Crippen molar-refractivity contribution in [3.63, 3.8) is 0 Å². The fourth-order valence-corrected chi connectivity index (χ4v) is 3.97. The fourth-order valence-electron chi connectivity index (χ4n) is 3.59. The Morgan fingerprint density at radius 3 is 2.57 bits per heavy atom. The molecule has 0 unspecified atom stereocenters. The largest absolute Gasteiger partial charge is 0.472 e. The Labute approximate surface area is 209 Å². The van der Waals surface area contributed by atoms with E-state index in [0.29, 0.717) is 11.5 Å². The van der Waals surface area contributed by atoms with Crippen LogP contribution in [0.25, 0.3) is 16.9 Å². The third kappa shape index (κ3) is 5.14. The summed E-state index contributed by atoms with van der Waals surface area (Å²) in [6.07, 6.45) is 1.80. The first-order valence-electron chi connectivity index (χ1n) is 11.0. The Balaban J connectivity index is 1.69. The standard InChI is InChI=1S/C26H23BrF2N4O2/c1-14(2)24-30-12-15(3)23(32-24)17-6-5-7-20(10-17)33-16(4)31-25(22(27)26(33)34)35-13-18-8-9-19(28)11-21(18)29/h5-12,14H,13H2,1-4H3. The molecule has 0 atom stereocenters. The fraction of sp³-hybridized carbons (Fsp3) is 0.231. The van der Waals surface area contributed by atoms with Gasteiger partial charge in [-0.2, -0.15) is 4.98 Å². The first-order valence-corrected chi connectivity index (χ1v) is 11.7. The van der Waals surface area contributed by atoms with E-state index in [9.17, 15) is 13.6 Å². The van der Waals surface area contributed by atoms with E-state index in [4.69, 9.17) is 9.72 Å². The average Bonchev–Trinajstić information content (AvgIpc) is 2.82. The molecule has 2 heterocycles. The Morgan fingerprint density at radius 1 is 1.09 bits per heavy atom. The van der Waals surface area contributed by atoms with Crippen molar-refractivity contribution in [1.82, 2.24) is 19.5 Å². The van der Waals surface area contributed by atoms with Gasteiger partial charge >= 0.3 is 0 Å². The average molecular weight is 541 g/mol. The molecule has 4 rings (SSSR count). The first-order chi connectivity index (χ1) is 16.7. The van der Waals surface area contributed by atoms with Crippen LogP contribution < -0.4 is 10.3 Å². The molecule has 0 aliphatic heterocycles. The molecule has 0 radical (unpaired) electrons. The van der Waals surface area contributed by atoms with Crippen molar-refractivity contribution >= 4 is 15.9 Å². The molecule has 0 spiro atoms. The molecule has 0 amide bonds. The summed E-state index contributed by atoms with van der Waals surface area (Å²) >= 11 is 3.27. The lowest BCUT2D eigenvalue weighted by Gasteiger charge is -2.15. The molecule has 2 aromatic carbocycles. The zero-order valence-electron chi connectivity index (χ0n) is 19.6. The smallest absolute Gasteiger partial charge is 0.276 e. The number of hydrogen-bond donors (Lipinski definition) is 0. The van der Waals surface area contributed by atoms with Gasteiger partial charge in [0.25, 0.3) is 5.56 Å². The van der Waals surface area contributed by atoms with Crippen molar-refractivity contribution in [3.8, 4) is 22.8 Å². The summed E-state index contributed by atoms with van der Waals surface area (Å²) in [5.74, 6) is -0.0807. The quantitative estimate of drug-likeness (QED) is 0.297. The molecule has 0 saturated carbocycles. The molecule has 180 valence electrons. The molecule has 0 N–H and O–H groups in total. The number of nitrogens with zero attached hydrogens (tertiary/aromatic N) is 4. The third-order valence-corrected chi connectivity index (χ3v) is 6.11. The van der Waals surface area contributed by atoms with Gasteiger partial charge in [0.2, 0.25) is 5.88 Å². The molecule has 0 bridgehead atoms. The van der Waals surface area contributed by atoms with Crippen LogP contribution in [0, 0.1) is 25.5 Å². The van der Waals surface area contributed by atoms with Crippen LogP contribution in [0.4, 0.5) is 8.78 Å². The zero-order chi connectivity index (χ0) is 25.3. The number of rotatable bonds is 6. The van der Waals surface area contributed by atoms with E-state index in [0.717, 1.165) is 34.8 Å². The summed E-state index contributed by atoms with van der Waals surface area (Å²) in [6, 6.07) is 10.7. The minimum atomic E-state index is -0.733. The second-order valence-corrected chi connectivity index (χ2v) is 9.20. The summed E-state index contributed by atoms with van der Waals surface area (Å²) in [6.45, 7) is 7.48. The molecule has 0 saturated heterocycles. The van der Waals surface area contributed by atoms with Gasteiger partial charge in [-0.05, 0) is 59.6 Å². The molecule has 4 aromatic rings. The van der Waals surface area contributed by atoms with E-state index in [2.05, 4.69) is 25.9 Å². The highest BCUT2D eigenvalue weighted by molar-refractivity contribution is 9.10. The van der Waals surface area contributed by atoms with E-state index in [-0.39, 0.29) is 34.0 Å². The number of hydrogen-bond acceptors (Lipinski definition) is 5. The molecule has 0 fully saturated rings. The maximum Gasteiger partial charge on any atom is 0.276 e. The monoisotopic (exact) mass is 540 g/mol. The van der Waals surface area contributed by atoms with Gasteiger partial charge in [-0.15, -0.1) is 0 Å². The molecule has 35 heavy (non-hydrogen) atoms. The van der Waals surface area contributed by atoms with E-state index in [1.165, 1.54) is 10.6 Å². The zero-order valence-corrected chi connectivity index (χ0v) is 21.2. The maximum absolute atomic E-state index is 13.9. The van der Waals surface area contributed by atoms with Crippen molar-refractivity contribution in [2.24, 2.45) is 0 Å².